The predicted molar refractivity (Wildman–Crippen MR) is 58.9 cm³/mol. The van der Waals surface area contributed by atoms with Crippen molar-refractivity contribution in [3.8, 4) is 0 Å². The highest BCUT2D eigenvalue weighted by atomic mass is 16.7. The summed E-state index contributed by atoms with van der Waals surface area (Å²) in [6.45, 7) is 0. The lowest BCUT2D eigenvalue weighted by Gasteiger charge is -2.06. The minimum Gasteiger partial charge on any atom is -0.428 e. The van der Waals surface area contributed by atoms with Gasteiger partial charge in [0.15, 0.2) is 6.29 Å². The number of carbonyl (C=O) groups is 2. The van der Waals surface area contributed by atoms with Crippen molar-refractivity contribution < 1.29 is 19.1 Å². The summed E-state index contributed by atoms with van der Waals surface area (Å²) in [7, 11) is 1.47. The first kappa shape index (κ1) is 10.0. The smallest absolute Gasteiger partial charge is 0.341 e. The van der Waals surface area contributed by atoms with Crippen LogP contribution < -0.4 is 0 Å². The van der Waals surface area contributed by atoms with E-state index in [1.54, 1.807) is 18.3 Å². The second-order valence-electron chi connectivity index (χ2n) is 3.79. The molecule has 5 heteroatoms. The Hall–Kier alpha value is -2.14. The molecule has 2 heterocycles. The number of hydrogen-bond donors (Lipinski definition) is 1. The third-order valence-electron chi connectivity index (χ3n) is 2.92. The van der Waals surface area contributed by atoms with Crippen LogP contribution in [0.3, 0.4) is 0 Å². The second-order valence-corrected chi connectivity index (χ2v) is 3.79. The molecule has 0 amide bonds. The molecule has 3 rings (SSSR count). The largest absolute Gasteiger partial charge is 0.428 e. The zero-order valence-electron chi connectivity index (χ0n) is 9.02. The van der Waals surface area contributed by atoms with Crippen LogP contribution in [0.1, 0.15) is 32.6 Å². The van der Waals surface area contributed by atoms with E-state index in [9.17, 15) is 9.59 Å². The van der Waals surface area contributed by atoms with Crippen molar-refractivity contribution in [3.05, 3.63) is 35.0 Å². The maximum absolute atomic E-state index is 11.8. The van der Waals surface area contributed by atoms with Crippen molar-refractivity contribution in [1.29, 1.82) is 0 Å². The Bertz CT molecular complexity index is 629. The lowest BCUT2D eigenvalue weighted by Crippen LogP contribution is -1.99. The lowest BCUT2D eigenvalue weighted by atomic mass is 10.0. The molecule has 2 aromatic rings. The fraction of sp³-hybridized carbons (Fsp3) is 0.167. The summed E-state index contributed by atoms with van der Waals surface area (Å²) in [5.41, 5.74) is 2.26. The number of carbonyl (C=O) groups excluding carboxylic acids is 2. The highest BCUT2D eigenvalue weighted by Gasteiger charge is 2.33. The Kier molecular flexibility index (Phi) is 2.02. The van der Waals surface area contributed by atoms with Crippen LogP contribution in [0, 0.1) is 0 Å². The van der Waals surface area contributed by atoms with E-state index < -0.39 is 12.3 Å². The molecular formula is C12H9NO4. The molecule has 0 spiro atoms. The molecule has 86 valence electrons. The average molecular weight is 231 g/mol. The average Bonchev–Trinajstić information content (AvgIpc) is 2.89. The monoisotopic (exact) mass is 231 g/mol. The summed E-state index contributed by atoms with van der Waals surface area (Å²) < 4.78 is 10.1. The van der Waals surface area contributed by atoms with Gasteiger partial charge in [-0.05, 0) is 12.1 Å². The number of esters is 1. The molecule has 0 saturated carbocycles. The van der Waals surface area contributed by atoms with Crippen molar-refractivity contribution in [1.82, 2.24) is 4.98 Å². The SMILES string of the molecule is COC1OC(=O)c2c1ccc1[nH]cc(C=O)c21. The van der Waals surface area contributed by atoms with Crippen LogP contribution in [0.5, 0.6) is 0 Å². The third kappa shape index (κ3) is 1.23. The quantitative estimate of drug-likeness (QED) is 0.632. The molecule has 17 heavy (non-hydrogen) atoms. The first-order valence-electron chi connectivity index (χ1n) is 5.09. The predicted octanol–water partition coefficient (Wildman–Crippen LogP) is 1.80. The molecule has 1 unspecified atom stereocenters. The Labute approximate surface area is 96.3 Å². The fourth-order valence-corrected chi connectivity index (χ4v) is 2.17. The number of aromatic nitrogens is 1. The van der Waals surface area contributed by atoms with Gasteiger partial charge in [-0.3, -0.25) is 4.79 Å². The van der Waals surface area contributed by atoms with Gasteiger partial charge in [-0.2, -0.15) is 0 Å². The lowest BCUT2D eigenvalue weighted by molar-refractivity contribution is -0.0815. The van der Waals surface area contributed by atoms with Crippen LogP contribution >= 0.6 is 0 Å². The molecule has 0 saturated heterocycles. The van der Waals surface area contributed by atoms with Crippen molar-refractivity contribution in [3.63, 3.8) is 0 Å². The van der Waals surface area contributed by atoms with Crippen LogP contribution in [-0.2, 0) is 9.47 Å². The first-order valence-corrected chi connectivity index (χ1v) is 5.09. The number of hydrogen-bond acceptors (Lipinski definition) is 4. The van der Waals surface area contributed by atoms with Gasteiger partial charge >= 0.3 is 5.97 Å². The number of aromatic amines is 1. The number of cyclic esters (lactones) is 1. The maximum Gasteiger partial charge on any atom is 0.341 e. The zero-order valence-corrected chi connectivity index (χ0v) is 9.02. The fourth-order valence-electron chi connectivity index (χ4n) is 2.17. The molecule has 1 N–H and O–H groups in total. The van der Waals surface area contributed by atoms with Crippen molar-refractivity contribution in [2.45, 2.75) is 6.29 Å². The maximum atomic E-state index is 11.8. The van der Waals surface area contributed by atoms with Gasteiger partial charge in [-0.25, -0.2) is 4.79 Å². The standard InChI is InChI=1S/C12H9NO4/c1-16-12-7-2-3-8-9(6(5-14)4-13-8)10(7)11(15)17-12/h2-5,12-13H,1H3. The summed E-state index contributed by atoms with van der Waals surface area (Å²) in [4.78, 5) is 25.7. The van der Waals surface area contributed by atoms with E-state index in [2.05, 4.69) is 4.98 Å². The zero-order chi connectivity index (χ0) is 12.0. The molecule has 1 aromatic heterocycles. The van der Waals surface area contributed by atoms with E-state index in [-0.39, 0.29) is 0 Å². The molecule has 1 aromatic carbocycles. The second kappa shape index (κ2) is 3.43. The van der Waals surface area contributed by atoms with Crippen molar-refractivity contribution >= 4 is 23.2 Å². The molecular weight excluding hydrogens is 222 g/mol. The Morgan fingerprint density at radius 2 is 2.29 bits per heavy atom. The number of rotatable bonds is 2. The van der Waals surface area contributed by atoms with E-state index in [0.717, 1.165) is 5.52 Å². The molecule has 5 nitrogen and oxygen atoms in total. The third-order valence-corrected chi connectivity index (χ3v) is 2.92. The van der Waals surface area contributed by atoms with Gasteiger partial charge in [0.2, 0.25) is 6.29 Å². The Morgan fingerprint density at radius 3 is 3.00 bits per heavy atom. The van der Waals surface area contributed by atoms with Crippen LogP contribution in [0.4, 0.5) is 0 Å². The molecule has 1 aliphatic rings. The van der Waals surface area contributed by atoms with Gasteiger partial charge in [0.25, 0.3) is 0 Å². The van der Waals surface area contributed by atoms with Gasteiger partial charge in [-0.1, -0.05) is 0 Å². The summed E-state index contributed by atoms with van der Waals surface area (Å²) in [5.74, 6) is -0.458. The molecule has 0 radical (unpaired) electrons. The highest BCUT2D eigenvalue weighted by molar-refractivity contribution is 6.12. The first-order chi connectivity index (χ1) is 8.26. The number of nitrogens with one attached hydrogen (secondary N) is 1. The summed E-state index contributed by atoms with van der Waals surface area (Å²) in [6.07, 6.45) is 1.61. The van der Waals surface area contributed by atoms with Crippen LogP contribution in [0.2, 0.25) is 0 Å². The number of methoxy groups -OCH3 is 1. The van der Waals surface area contributed by atoms with Gasteiger partial charge in [0, 0.05) is 35.3 Å². The molecule has 0 fully saturated rings. The van der Waals surface area contributed by atoms with Crippen LogP contribution in [0.25, 0.3) is 10.9 Å². The Balaban J connectivity index is 2.39. The van der Waals surface area contributed by atoms with E-state index in [0.29, 0.717) is 28.4 Å². The summed E-state index contributed by atoms with van der Waals surface area (Å²) in [5, 5.41) is 0.599. The van der Waals surface area contributed by atoms with E-state index in [4.69, 9.17) is 9.47 Å². The Morgan fingerprint density at radius 1 is 1.47 bits per heavy atom. The highest BCUT2D eigenvalue weighted by Crippen LogP contribution is 2.36. The minimum atomic E-state index is -0.684. The van der Waals surface area contributed by atoms with Crippen molar-refractivity contribution in [2.24, 2.45) is 0 Å². The van der Waals surface area contributed by atoms with Gasteiger partial charge in [0.05, 0.1) is 5.56 Å². The van der Waals surface area contributed by atoms with Gasteiger partial charge in [-0.15, -0.1) is 0 Å². The number of ether oxygens (including phenoxy) is 2. The number of fused-ring (bicyclic) bond motifs is 3. The van der Waals surface area contributed by atoms with Crippen LogP contribution in [0.15, 0.2) is 18.3 Å². The van der Waals surface area contributed by atoms with Crippen LogP contribution in [-0.4, -0.2) is 24.3 Å². The van der Waals surface area contributed by atoms with Gasteiger partial charge in [0.1, 0.15) is 0 Å². The van der Waals surface area contributed by atoms with E-state index in [1.807, 2.05) is 0 Å². The minimum absolute atomic E-state index is 0.415. The molecule has 1 atom stereocenters. The number of benzene rings is 1. The number of aldehydes is 1. The topological polar surface area (TPSA) is 68.4 Å². The molecule has 0 aliphatic carbocycles. The van der Waals surface area contributed by atoms with Gasteiger partial charge < -0.3 is 14.5 Å². The summed E-state index contributed by atoms with van der Waals surface area (Å²) in [6, 6.07) is 3.57. The summed E-state index contributed by atoms with van der Waals surface area (Å²) >= 11 is 0. The van der Waals surface area contributed by atoms with E-state index >= 15 is 0 Å². The van der Waals surface area contributed by atoms with E-state index in [1.165, 1.54) is 7.11 Å². The molecule has 0 bridgehead atoms. The normalized spacial score (nSPS) is 18.2. The number of H-pyrrole nitrogens is 1. The van der Waals surface area contributed by atoms with Crippen molar-refractivity contribution in [2.75, 3.05) is 7.11 Å². The molecule has 1 aliphatic heterocycles.